The van der Waals surface area contributed by atoms with E-state index in [4.69, 9.17) is 9.47 Å². The maximum absolute atomic E-state index is 12.4. The van der Waals surface area contributed by atoms with Crippen LogP contribution in [0.5, 0.6) is 0 Å². The van der Waals surface area contributed by atoms with Crippen molar-refractivity contribution in [3.63, 3.8) is 0 Å². The molecule has 1 aromatic rings. The molecule has 0 aromatic heterocycles. The van der Waals surface area contributed by atoms with Gasteiger partial charge in [0.05, 0.1) is 6.54 Å². The smallest absolute Gasteiger partial charge is 0.407 e. The highest BCUT2D eigenvalue weighted by molar-refractivity contribution is 5.72. The van der Waals surface area contributed by atoms with Crippen molar-refractivity contribution in [2.75, 3.05) is 72.0 Å². The van der Waals surface area contributed by atoms with Gasteiger partial charge in [-0.3, -0.25) is 9.69 Å². The zero-order chi connectivity index (χ0) is 31.0. The molecule has 1 aliphatic heterocycles. The van der Waals surface area contributed by atoms with Gasteiger partial charge in [0.2, 0.25) is 0 Å². The van der Waals surface area contributed by atoms with Crippen LogP contribution < -0.4 is 16.0 Å². The number of nitrogens with zero attached hydrogens (tertiary/aromatic N) is 2. The molecular formula is C34H61N5O4. The van der Waals surface area contributed by atoms with E-state index in [1.54, 1.807) is 0 Å². The number of benzene rings is 1. The van der Waals surface area contributed by atoms with E-state index < -0.39 is 5.60 Å². The number of hydrogen-bond donors (Lipinski definition) is 3. The quantitative estimate of drug-likeness (QED) is 0.192. The summed E-state index contributed by atoms with van der Waals surface area (Å²) in [5, 5.41) is 9.96. The number of rotatable bonds is 15. The number of alkyl carbamates (subject to hydrolysis) is 1. The normalized spacial score (nSPS) is 16.7. The van der Waals surface area contributed by atoms with E-state index in [2.05, 4.69) is 25.8 Å². The molecule has 0 atom stereocenters. The Hall–Kier alpha value is -2.20. The van der Waals surface area contributed by atoms with Gasteiger partial charge >= 0.3 is 12.1 Å². The molecule has 1 heterocycles. The molecule has 43 heavy (non-hydrogen) atoms. The molecule has 0 spiro atoms. The van der Waals surface area contributed by atoms with Crippen molar-refractivity contribution in [3.8, 4) is 0 Å². The third kappa shape index (κ3) is 21.2. The predicted octanol–water partition coefficient (Wildman–Crippen LogP) is 4.95. The minimum atomic E-state index is -0.445. The zero-order valence-corrected chi connectivity index (χ0v) is 27.5. The maximum Gasteiger partial charge on any atom is 0.407 e. The highest BCUT2D eigenvalue weighted by Crippen LogP contribution is 2.10. The first kappa shape index (κ1) is 37.0. The molecule has 1 saturated heterocycles. The van der Waals surface area contributed by atoms with Crippen molar-refractivity contribution in [1.29, 1.82) is 0 Å². The molecule has 0 aliphatic carbocycles. The van der Waals surface area contributed by atoms with Crippen LogP contribution in [0.15, 0.2) is 30.3 Å². The third-order valence-electron chi connectivity index (χ3n) is 7.52. The van der Waals surface area contributed by atoms with Crippen LogP contribution in [0.3, 0.4) is 0 Å². The summed E-state index contributed by atoms with van der Waals surface area (Å²) in [5.41, 5.74) is 0.555. The van der Waals surface area contributed by atoms with Crippen molar-refractivity contribution < 1.29 is 19.1 Å². The minimum Gasteiger partial charge on any atom is -0.459 e. The van der Waals surface area contributed by atoms with Crippen LogP contribution in [0.2, 0.25) is 0 Å². The Labute approximate surface area is 261 Å². The molecular weight excluding hydrogens is 542 g/mol. The summed E-state index contributed by atoms with van der Waals surface area (Å²) in [6.45, 7) is 16.1. The van der Waals surface area contributed by atoms with Gasteiger partial charge in [-0.25, -0.2) is 4.79 Å². The molecule has 0 saturated carbocycles. The minimum absolute atomic E-state index is 0.134. The first-order valence-corrected chi connectivity index (χ1v) is 16.8. The Kier molecular flexibility index (Phi) is 20.0. The molecule has 2 rings (SSSR count). The molecule has 246 valence electrons. The van der Waals surface area contributed by atoms with Gasteiger partial charge in [0.1, 0.15) is 12.2 Å². The molecule has 1 aliphatic rings. The Morgan fingerprint density at radius 3 is 2.05 bits per heavy atom. The fourth-order valence-corrected chi connectivity index (χ4v) is 5.23. The van der Waals surface area contributed by atoms with Crippen molar-refractivity contribution in [2.24, 2.45) is 0 Å². The van der Waals surface area contributed by atoms with E-state index in [-0.39, 0.29) is 12.1 Å². The predicted molar refractivity (Wildman–Crippen MR) is 175 cm³/mol. The van der Waals surface area contributed by atoms with Gasteiger partial charge < -0.3 is 30.3 Å². The second-order valence-electron chi connectivity index (χ2n) is 12.7. The lowest BCUT2D eigenvalue weighted by Gasteiger charge is -2.27. The number of hydrogen-bond acceptors (Lipinski definition) is 8. The monoisotopic (exact) mass is 603 g/mol. The fourth-order valence-electron chi connectivity index (χ4n) is 5.23. The molecule has 0 unspecified atom stereocenters. The molecule has 1 fully saturated rings. The molecule has 0 bridgehead atoms. The van der Waals surface area contributed by atoms with Crippen LogP contribution in [-0.4, -0.2) is 99.5 Å². The van der Waals surface area contributed by atoms with E-state index in [9.17, 15) is 9.59 Å². The first-order valence-electron chi connectivity index (χ1n) is 16.8. The van der Waals surface area contributed by atoms with Gasteiger partial charge in [0.15, 0.2) is 0 Å². The summed E-state index contributed by atoms with van der Waals surface area (Å²) in [5.74, 6) is -0.134. The van der Waals surface area contributed by atoms with Crippen LogP contribution in [-0.2, 0) is 20.9 Å². The number of carbonyl (C=O) groups is 2. The van der Waals surface area contributed by atoms with Crippen LogP contribution in [0.1, 0.15) is 90.5 Å². The summed E-state index contributed by atoms with van der Waals surface area (Å²) in [6, 6.07) is 9.75. The van der Waals surface area contributed by atoms with Gasteiger partial charge in [-0.1, -0.05) is 68.9 Å². The van der Waals surface area contributed by atoms with Gasteiger partial charge in [0.25, 0.3) is 0 Å². The number of unbranched alkanes of at least 4 members (excludes halogenated alkanes) is 7. The lowest BCUT2D eigenvalue weighted by molar-refractivity contribution is -0.156. The van der Waals surface area contributed by atoms with E-state index in [1.807, 2.05) is 51.1 Å². The van der Waals surface area contributed by atoms with E-state index >= 15 is 0 Å². The van der Waals surface area contributed by atoms with Crippen molar-refractivity contribution >= 4 is 12.1 Å². The van der Waals surface area contributed by atoms with Crippen LogP contribution in [0, 0.1) is 0 Å². The van der Waals surface area contributed by atoms with Gasteiger partial charge in [-0.2, -0.15) is 0 Å². The van der Waals surface area contributed by atoms with E-state index in [0.717, 1.165) is 90.1 Å². The molecule has 1 aromatic carbocycles. The summed E-state index contributed by atoms with van der Waals surface area (Å²) in [6.07, 6.45) is 11.5. The lowest BCUT2D eigenvalue weighted by Crippen LogP contribution is -2.41. The number of amides is 1. The topological polar surface area (TPSA) is 95.2 Å². The summed E-state index contributed by atoms with van der Waals surface area (Å²) in [4.78, 5) is 29.1. The summed E-state index contributed by atoms with van der Waals surface area (Å²) >= 11 is 0. The Bertz CT molecular complexity index is 849. The molecule has 9 nitrogen and oxygen atoms in total. The third-order valence-corrected chi connectivity index (χ3v) is 7.52. The van der Waals surface area contributed by atoms with Gasteiger partial charge in [-0.05, 0) is 78.2 Å². The van der Waals surface area contributed by atoms with Crippen LogP contribution >= 0.6 is 0 Å². The zero-order valence-electron chi connectivity index (χ0n) is 27.5. The number of ether oxygens (including phenoxy) is 2. The van der Waals surface area contributed by atoms with Crippen molar-refractivity contribution in [2.45, 2.75) is 97.2 Å². The lowest BCUT2D eigenvalue weighted by atomic mass is 10.1. The number of esters is 1. The standard InChI is InChI=1S/C34H61N5O4/c1-34(2,3)43-32(40)29-39-26-16-25-38(27-22-35-19-15-20-36-23-28-39)24-14-9-7-5-4-6-8-13-21-37-33(41)42-30-31-17-11-10-12-18-31/h10-12,17-18,35-36H,4-9,13-16,19-30H2,1-3H3,(H,37,41). The molecule has 9 heteroatoms. The highest BCUT2D eigenvalue weighted by Gasteiger charge is 2.19. The first-order chi connectivity index (χ1) is 20.8. The van der Waals surface area contributed by atoms with Gasteiger partial charge in [0, 0.05) is 39.3 Å². The molecule has 1 amide bonds. The average Bonchev–Trinajstić information content (AvgIpc) is 2.96. The average molecular weight is 604 g/mol. The second kappa shape index (κ2) is 23.2. The number of nitrogens with one attached hydrogen (secondary N) is 3. The summed E-state index contributed by atoms with van der Waals surface area (Å²) in [7, 11) is 0. The Morgan fingerprint density at radius 1 is 0.767 bits per heavy atom. The van der Waals surface area contributed by atoms with E-state index in [0.29, 0.717) is 19.7 Å². The Balaban J connectivity index is 1.53. The maximum atomic E-state index is 12.4. The second-order valence-corrected chi connectivity index (χ2v) is 12.7. The number of carbonyl (C=O) groups excluding carboxylic acids is 2. The van der Waals surface area contributed by atoms with Crippen LogP contribution in [0.4, 0.5) is 4.79 Å². The van der Waals surface area contributed by atoms with Gasteiger partial charge in [-0.15, -0.1) is 0 Å². The Morgan fingerprint density at radius 2 is 1.37 bits per heavy atom. The molecule has 0 radical (unpaired) electrons. The molecule has 3 N–H and O–H groups in total. The summed E-state index contributed by atoms with van der Waals surface area (Å²) < 4.78 is 10.8. The fraction of sp³-hybridized carbons (Fsp3) is 0.765. The SMILES string of the molecule is CC(C)(C)OC(=O)CN1CCCN(CCCCCCCCCCNC(=O)OCc2ccccc2)CCNCCCNCC1. The highest BCUT2D eigenvalue weighted by atomic mass is 16.6. The van der Waals surface area contributed by atoms with E-state index in [1.165, 1.54) is 38.5 Å². The van der Waals surface area contributed by atoms with Crippen LogP contribution in [0.25, 0.3) is 0 Å². The van der Waals surface area contributed by atoms with Crippen molar-refractivity contribution in [3.05, 3.63) is 35.9 Å². The largest absolute Gasteiger partial charge is 0.459 e. The van der Waals surface area contributed by atoms with Crippen molar-refractivity contribution in [1.82, 2.24) is 25.8 Å².